The van der Waals surface area contributed by atoms with Gasteiger partial charge in [-0.15, -0.1) is 0 Å². The molecule has 0 aliphatic heterocycles. The summed E-state index contributed by atoms with van der Waals surface area (Å²) < 4.78 is 13.3. The zero-order chi connectivity index (χ0) is 10.6. The third kappa shape index (κ3) is 3.00. The average molecular weight is 196 g/mol. The molecule has 1 aromatic carbocycles. The summed E-state index contributed by atoms with van der Waals surface area (Å²) in [6.45, 7) is 3.72. The smallest absolute Gasteiger partial charge is 0.129 e. The monoisotopic (exact) mass is 196 g/mol. The first-order valence-corrected chi connectivity index (χ1v) is 4.86. The van der Waals surface area contributed by atoms with Gasteiger partial charge < -0.3 is 10.6 Å². The van der Waals surface area contributed by atoms with E-state index in [1.54, 1.807) is 12.1 Å². The largest absolute Gasteiger partial charge is 0.399 e. The quantitative estimate of drug-likeness (QED) is 0.748. The SMILES string of the molecule is CCCN(C)Cc1ccc(N)cc1F. The van der Waals surface area contributed by atoms with Crippen LogP contribution in [-0.4, -0.2) is 18.5 Å². The fraction of sp³-hybridized carbons (Fsp3) is 0.455. The third-order valence-electron chi connectivity index (χ3n) is 2.12. The lowest BCUT2D eigenvalue weighted by atomic mass is 10.2. The zero-order valence-corrected chi connectivity index (χ0v) is 8.76. The number of hydrogen-bond donors (Lipinski definition) is 1. The molecule has 0 unspecified atom stereocenters. The molecule has 14 heavy (non-hydrogen) atoms. The van der Waals surface area contributed by atoms with Crippen LogP contribution in [0.15, 0.2) is 18.2 Å². The maximum absolute atomic E-state index is 13.3. The van der Waals surface area contributed by atoms with E-state index < -0.39 is 0 Å². The molecule has 78 valence electrons. The van der Waals surface area contributed by atoms with E-state index in [1.165, 1.54) is 6.07 Å². The van der Waals surface area contributed by atoms with E-state index in [1.807, 2.05) is 7.05 Å². The molecule has 0 aromatic heterocycles. The number of benzene rings is 1. The summed E-state index contributed by atoms with van der Waals surface area (Å²) in [5.74, 6) is -0.215. The van der Waals surface area contributed by atoms with Gasteiger partial charge in [0.15, 0.2) is 0 Å². The zero-order valence-electron chi connectivity index (χ0n) is 8.76. The number of anilines is 1. The van der Waals surface area contributed by atoms with Crippen LogP contribution in [0.1, 0.15) is 18.9 Å². The minimum Gasteiger partial charge on any atom is -0.399 e. The molecule has 0 radical (unpaired) electrons. The molecule has 0 amide bonds. The van der Waals surface area contributed by atoms with Crippen molar-refractivity contribution in [3.63, 3.8) is 0 Å². The van der Waals surface area contributed by atoms with Crippen molar-refractivity contribution >= 4 is 5.69 Å². The van der Waals surface area contributed by atoms with E-state index in [9.17, 15) is 4.39 Å². The van der Waals surface area contributed by atoms with E-state index >= 15 is 0 Å². The number of nitrogen functional groups attached to an aromatic ring is 1. The fourth-order valence-electron chi connectivity index (χ4n) is 1.44. The average Bonchev–Trinajstić information content (AvgIpc) is 2.10. The molecule has 1 aromatic rings. The van der Waals surface area contributed by atoms with Gasteiger partial charge in [0.2, 0.25) is 0 Å². The lowest BCUT2D eigenvalue weighted by molar-refractivity contribution is 0.322. The maximum Gasteiger partial charge on any atom is 0.129 e. The van der Waals surface area contributed by atoms with E-state index in [2.05, 4.69) is 11.8 Å². The molecule has 0 fully saturated rings. The highest BCUT2D eigenvalue weighted by atomic mass is 19.1. The highest BCUT2D eigenvalue weighted by Crippen LogP contribution is 2.13. The van der Waals surface area contributed by atoms with Gasteiger partial charge in [0.05, 0.1) is 0 Å². The Labute approximate surface area is 84.5 Å². The summed E-state index contributed by atoms with van der Waals surface area (Å²) in [6, 6.07) is 4.85. The van der Waals surface area contributed by atoms with Crippen LogP contribution in [-0.2, 0) is 6.54 Å². The molecular weight excluding hydrogens is 179 g/mol. The Morgan fingerprint density at radius 2 is 2.14 bits per heavy atom. The summed E-state index contributed by atoms with van der Waals surface area (Å²) in [7, 11) is 1.99. The van der Waals surface area contributed by atoms with Crippen molar-refractivity contribution in [3.8, 4) is 0 Å². The van der Waals surface area contributed by atoms with Crippen molar-refractivity contribution in [1.82, 2.24) is 4.90 Å². The van der Waals surface area contributed by atoms with Gasteiger partial charge >= 0.3 is 0 Å². The highest BCUT2D eigenvalue weighted by Gasteiger charge is 2.04. The number of halogens is 1. The highest BCUT2D eigenvalue weighted by molar-refractivity contribution is 5.40. The Morgan fingerprint density at radius 3 is 2.71 bits per heavy atom. The second-order valence-corrected chi connectivity index (χ2v) is 3.59. The van der Waals surface area contributed by atoms with Crippen LogP contribution >= 0.6 is 0 Å². The molecule has 0 saturated carbocycles. The molecule has 0 saturated heterocycles. The Morgan fingerprint density at radius 1 is 1.43 bits per heavy atom. The van der Waals surface area contributed by atoms with E-state index in [4.69, 9.17) is 5.73 Å². The van der Waals surface area contributed by atoms with Crippen LogP contribution in [0.25, 0.3) is 0 Å². The van der Waals surface area contributed by atoms with Crippen LogP contribution in [0.5, 0.6) is 0 Å². The fourth-order valence-corrected chi connectivity index (χ4v) is 1.44. The van der Waals surface area contributed by atoms with Crippen LogP contribution in [0.2, 0.25) is 0 Å². The molecule has 3 heteroatoms. The predicted octanol–water partition coefficient (Wildman–Crippen LogP) is 2.25. The molecule has 0 bridgehead atoms. The maximum atomic E-state index is 13.3. The number of rotatable bonds is 4. The summed E-state index contributed by atoms with van der Waals surface area (Å²) >= 11 is 0. The van der Waals surface area contributed by atoms with E-state index in [-0.39, 0.29) is 5.82 Å². The van der Waals surface area contributed by atoms with Gasteiger partial charge in [0, 0.05) is 17.8 Å². The van der Waals surface area contributed by atoms with Crippen LogP contribution in [0.4, 0.5) is 10.1 Å². The minimum absolute atomic E-state index is 0.215. The van der Waals surface area contributed by atoms with Gasteiger partial charge in [0.25, 0.3) is 0 Å². The molecule has 2 N–H and O–H groups in total. The van der Waals surface area contributed by atoms with Gasteiger partial charge in [-0.05, 0) is 32.1 Å². The van der Waals surface area contributed by atoms with Crippen molar-refractivity contribution < 1.29 is 4.39 Å². The van der Waals surface area contributed by atoms with Gasteiger partial charge in [0.1, 0.15) is 5.82 Å². The topological polar surface area (TPSA) is 29.3 Å². The van der Waals surface area contributed by atoms with Gasteiger partial charge in [-0.1, -0.05) is 13.0 Å². The second kappa shape index (κ2) is 4.96. The standard InChI is InChI=1S/C11H17FN2/c1-3-6-14(2)8-9-4-5-10(13)7-11(9)12/h4-5,7H,3,6,8,13H2,1-2H3. The van der Waals surface area contributed by atoms with Gasteiger partial charge in [-0.25, -0.2) is 4.39 Å². The summed E-state index contributed by atoms with van der Waals surface area (Å²) in [5.41, 5.74) is 6.64. The van der Waals surface area contributed by atoms with Crippen molar-refractivity contribution in [2.75, 3.05) is 19.3 Å². The van der Waals surface area contributed by atoms with Crippen molar-refractivity contribution in [2.45, 2.75) is 19.9 Å². The molecule has 0 aliphatic rings. The molecule has 0 aliphatic carbocycles. The van der Waals surface area contributed by atoms with E-state index in [0.717, 1.165) is 13.0 Å². The van der Waals surface area contributed by atoms with Crippen molar-refractivity contribution in [1.29, 1.82) is 0 Å². The third-order valence-corrected chi connectivity index (χ3v) is 2.12. The second-order valence-electron chi connectivity index (χ2n) is 3.59. The Hall–Kier alpha value is -1.09. The Balaban J connectivity index is 2.67. The Kier molecular flexibility index (Phi) is 3.89. The molecule has 0 heterocycles. The molecular formula is C11H17FN2. The number of nitrogens with two attached hydrogens (primary N) is 1. The molecule has 0 spiro atoms. The summed E-state index contributed by atoms with van der Waals surface area (Å²) in [4.78, 5) is 2.09. The first kappa shape index (κ1) is 11.0. The predicted molar refractivity (Wildman–Crippen MR) is 57.4 cm³/mol. The van der Waals surface area contributed by atoms with Crippen LogP contribution in [0.3, 0.4) is 0 Å². The van der Waals surface area contributed by atoms with Crippen LogP contribution in [0, 0.1) is 5.82 Å². The van der Waals surface area contributed by atoms with E-state index in [0.29, 0.717) is 17.8 Å². The van der Waals surface area contributed by atoms with Gasteiger partial charge in [-0.3, -0.25) is 0 Å². The first-order chi connectivity index (χ1) is 6.63. The molecule has 2 nitrogen and oxygen atoms in total. The lowest BCUT2D eigenvalue weighted by Crippen LogP contribution is -2.19. The summed E-state index contributed by atoms with van der Waals surface area (Å²) in [5, 5.41) is 0. The van der Waals surface area contributed by atoms with Crippen LogP contribution < -0.4 is 5.73 Å². The number of nitrogens with zero attached hydrogens (tertiary/aromatic N) is 1. The van der Waals surface area contributed by atoms with Crippen molar-refractivity contribution in [2.24, 2.45) is 0 Å². The van der Waals surface area contributed by atoms with Gasteiger partial charge in [-0.2, -0.15) is 0 Å². The lowest BCUT2D eigenvalue weighted by Gasteiger charge is -2.15. The summed E-state index contributed by atoms with van der Waals surface area (Å²) in [6.07, 6.45) is 1.08. The number of hydrogen-bond acceptors (Lipinski definition) is 2. The minimum atomic E-state index is -0.215. The Bertz CT molecular complexity index is 299. The molecule has 1 rings (SSSR count). The first-order valence-electron chi connectivity index (χ1n) is 4.86. The molecule has 0 atom stereocenters. The normalized spacial score (nSPS) is 10.9. The van der Waals surface area contributed by atoms with Crippen molar-refractivity contribution in [3.05, 3.63) is 29.6 Å².